The minimum atomic E-state index is -0.404. The summed E-state index contributed by atoms with van der Waals surface area (Å²) < 4.78 is 22.8. The molecule has 0 fully saturated rings. The number of nitrogens with zero attached hydrogens (tertiary/aromatic N) is 1. The van der Waals surface area contributed by atoms with Crippen LogP contribution in [-0.2, 0) is 4.79 Å². The summed E-state index contributed by atoms with van der Waals surface area (Å²) in [5.41, 5.74) is 3.18. The molecule has 7 nitrogen and oxygen atoms in total. The van der Waals surface area contributed by atoms with Crippen molar-refractivity contribution in [1.29, 1.82) is 0 Å². The lowest BCUT2D eigenvalue weighted by atomic mass is 10.2. The number of amides is 1. The average molecular weight is 486 g/mol. The molecule has 0 spiro atoms. The van der Waals surface area contributed by atoms with E-state index in [4.69, 9.17) is 18.9 Å². The molecule has 1 heterocycles. The molecule has 0 unspecified atom stereocenters. The number of fused-ring (bicyclic) bond motifs is 1. The average Bonchev–Trinajstić information content (AvgIpc) is 3.08. The van der Waals surface area contributed by atoms with Gasteiger partial charge in [0.25, 0.3) is 5.91 Å². The van der Waals surface area contributed by atoms with E-state index in [9.17, 15) is 4.79 Å². The van der Waals surface area contributed by atoms with Crippen LogP contribution in [0, 0.1) is 0 Å². The third-order valence-corrected chi connectivity index (χ3v) is 4.39. The van der Waals surface area contributed by atoms with Crippen molar-refractivity contribution in [3.05, 3.63) is 44.8 Å². The van der Waals surface area contributed by atoms with Gasteiger partial charge in [-0.3, -0.25) is 4.79 Å². The molecule has 0 saturated heterocycles. The normalized spacial score (nSPS) is 12.3. The molecule has 1 aliphatic heterocycles. The Kier molecular flexibility index (Phi) is 6.00. The van der Waals surface area contributed by atoms with Gasteiger partial charge in [-0.2, -0.15) is 5.10 Å². The van der Waals surface area contributed by atoms with Gasteiger partial charge in [0.1, 0.15) is 0 Å². The lowest BCUT2D eigenvalue weighted by Crippen LogP contribution is -2.24. The summed E-state index contributed by atoms with van der Waals surface area (Å²) in [6.45, 7) is -0.00580. The van der Waals surface area contributed by atoms with Crippen LogP contribution in [0.5, 0.6) is 23.0 Å². The highest BCUT2D eigenvalue weighted by atomic mass is 79.9. The van der Waals surface area contributed by atoms with Crippen LogP contribution in [0.4, 0.5) is 0 Å². The second kappa shape index (κ2) is 8.41. The number of hydrazone groups is 1. The molecular weight excluding hydrogens is 472 g/mol. The standard InChI is InChI=1S/C17H14Br2N2O5/c1-23-15-6-11(18)5-12(19)17(15)24-8-16(22)21-20-7-10-2-3-13-14(4-10)26-9-25-13/h2-7H,8-9H2,1H3,(H,21,22)/b20-7+. The van der Waals surface area contributed by atoms with Crippen molar-refractivity contribution in [2.24, 2.45) is 5.10 Å². The van der Waals surface area contributed by atoms with Gasteiger partial charge in [-0.1, -0.05) is 15.9 Å². The molecule has 0 aliphatic carbocycles. The van der Waals surface area contributed by atoms with Crippen LogP contribution in [0.2, 0.25) is 0 Å². The van der Waals surface area contributed by atoms with E-state index in [0.29, 0.717) is 27.5 Å². The number of nitrogens with one attached hydrogen (secondary N) is 1. The second-order valence-electron chi connectivity index (χ2n) is 5.11. The first-order valence-corrected chi connectivity index (χ1v) is 9.03. The maximum absolute atomic E-state index is 11.9. The van der Waals surface area contributed by atoms with E-state index in [1.807, 2.05) is 6.07 Å². The first-order valence-electron chi connectivity index (χ1n) is 7.44. The van der Waals surface area contributed by atoms with Crippen LogP contribution < -0.4 is 24.4 Å². The highest BCUT2D eigenvalue weighted by Gasteiger charge is 2.14. The molecule has 3 rings (SSSR count). The van der Waals surface area contributed by atoms with E-state index in [1.54, 1.807) is 24.3 Å². The number of rotatable bonds is 6. The Morgan fingerprint density at radius 2 is 2.08 bits per heavy atom. The molecule has 26 heavy (non-hydrogen) atoms. The van der Waals surface area contributed by atoms with E-state index in [0.717, 1.165) is 10.0 Å². The van der Waals surface area contributed by atoms with E-state index in [2.05, 4.69) is 42.4 Å². The molecule has 0 radical (unpaired) electrons. The zero-order valence-corrected chi connectivity index (χ0v) is 16.8. The van der Waals surface area contributed by atoms with Crippen LogP contribution >= 0.6 is 31.9 Å². The molecule has 136 valence electrons. The summed E-state index contributed by atoms with van der Waals surface area (Å²) in [5, 5.41) is 3.91. The highest BCUT2D eigenvalue weighted by molar-refractivity contribution is 9.11. The fraction of sp³-hybridized carbons (Fsp3) is 0.176. The zero-order chi connectivity index (χ0) is 18.5. The molecule has 0 bridgehead atoms. The number of halogens is 2. The van der Waals surface area contributed by atoms with Crippen molar-refractivity contribution in [2.75, 3.05) is 20.5 Å². The van der Waals surface area contributed by atoms with Crippen molar-refractivity contribution < 1.29 is 23.7 Å². The molecule has 0 aromatic heterocycles. The van der Waals surface area contributed by atoms with Gasteiger partial charge >= 0.3 is 0 Å². The van der Waals surface area contributed by atoms with Crippen LogP contribution in [-0.4, -0.2) is 32.6 Å². The van der Waals surface area contributed by atoms with Gasteiger partial charge < -0.3 is 18.9 Å². The fourth-order valence-corrected chi connectivity index (χ4v) is 3.47. The molecule has 0 saturated carbocycles. The summed E-state index contributed by atoms with van der Waals surface area (Å²) in [5.74, 6) is 1.87. The van der Waals surface area contributed by atoms with Crippen molar-refractivity contribution in [3.8, 4) is 23.0 Å². The number of hydrogen-bond acceptors (Lipinski definition) is 6. The Morgan fingerprint density at radius 3 is 2.88 bits per heavy atom. The lowest BCUT2D eigenvalue weighted by Gasteiger charge is -2.12. The second-order valence-corrected chi connectivity index (χ2v) is 6.88. The summed E-state index contributed by atoms with van der Waals surface area (Å²) in [7, 11) is 1.52. The van der Waals surface area contributed by atoms with Crippen molar-refractivity contribution in [2.45, 2.75) is 0 Å². The number of hydrogen-bond donors (Lipinski definition) is 1. The monoisotopic (exact) mass is 484 g/mol. The van der Waals surface area contributed by atoms with Gasteiger partial charge in [-0.25, -0.2) is 5.43 Å². The molecule has 1 amide bonds. The minimum Gasteiger partial charge on any atom is -0.493 e. The Hall–Kier alpha value is -2.26. The predicted molar refractivity (Wildman–Crippen MR) is 102 cm³/mol. The summed E-state index contributed by atoms with van der Waals surface area (Å²) in [6.07, 6.45) is 1.51. The highest BCUT2D eigenvalue weighted by Crippen LogP contribution is 2.38. The van der Waals surface area contributed by atoms with Crippen LogP contribution in [0.3, 0.4) is 0 Å². The lowest BCUT2D eigenvalue weighted by molar-refractivity contribution is -0.123. The number of ether oxygens (including phenoxy) is 4. The largest absolute Gasteiger partial charge is 0.493 e. The van der Waals surface area contributed by atoms with Crippen LogP contribution in [0.15, 0.2) is 44.4 Å². The van der Waals surface area contributed by atoms with Gasteiger partial charge in [-0.15, -0.1) is 0 Å². The Morgan fingerprint density at radius 1 is 1.27 bits per heavy atom. The Labute approximate surface area is 166 Å². The molecule has 2 aromatic carbocycles. The minimum absolute atomic E-state index is 0.207. The molecule has 1 aliphatic rings. The van der Waals surface area contributed by atoms with Gasteiger partial charge in [0.05, 0.1) is 17.8 Å². The van der Waals surface area contributed by atoms with Gasteiger partial charge in [0, 0.05) is 4.47 Å². The maximum Gasteiger partial charge on any atom is 0.277 e. The van der Waals surface area contributed by atoms with Gasteiger partial charge in [-0.05, 0) is 51.8 Å². The summed E-state index contributed by atoms with van der Waals surface area (Å²) in [4.78, 5) is 11.9. The van der Waals surface area contributed by atoms with Gasteiger partial charge in [0.2, 0.25) is 6.79 Å². The number of methoxy groups -OCH3 is 1. The van der Waals surface area contributed by atoms with Crippen LogP contribution in [0.25, 0.3) is 0 Å². The van der Waals surface area contributed by atoms with Crippen molar-refractivity contribution in [1.82, 2.24) is 5.43 Å². The number of carbonyl (C=O) groups excluding carboxylic acids is 1. The topological polar surface area (TPSA) is 78.4 Å². The number of carbonyl (C=O) groups is 1. The van der Waals surface area contributed by atoms with E-state index < -0.39 is 5.91 Å². The van der Waals surface area contributed by atoms with E-state index in [1.165, 1.54) is 13.3 Å². The maximum atomic E-state index is 11.9. The van der Waals surface area contributed by atoms with E-state index in [-0.39, 0.29) is 13.4 Å². The fourth-order valence-electron chi connectivity index (χ4n) is 2.17. The molecule has 1 N–H and O–H groups in total. The van der Waals surface area contributed by atoms with Gasteiger partial charge in [0.15, 0.2) is 29.6 Å². The van der Waals surface area contributed by atoms with Crippen LogP contribution in [0.1, 0.15) is 5.56 Å². The first-order chi connectivity index (χ1) is 12.6. The van der Waals surface area contributed by atoms with Crippen molar-refractivity contribution >= 4 is 44.0 Å². The van der Waals surface area contributed by atoms with E-state index >= 15 is 0 Å². The predicted octanol–water partition coefficient (Wildman–Crippen LogP) is 3.48. The summed E-state index contributed by atoms with van der Waals surface area (Å²) >= 11 is 6.74. The first kappa shape index (κ1) is 18.5. The Balaban J connectivity index is 1.55. The Bertz CT molecular complexity index is 857. The molecule has 2 aromatic rings. The number of benzene rings is 2. The zero-order valence-electron chi connectivity index (χ0n) is 13.6. The molecular formula is C17H14Br2N2O5. The third kappa shape index (κ3) is 4.47. The third-order valence-electron chi connectivity index (χ3n) is 3.34. The quantitative estimate of drug-likeness (QED) is 0.500. The summed E-state index contributed by atoms with van der Waals surface area (Å²) in [6, 6.07) is 8.91. The van der Waals surface area contributed by atoms with Crippen molar-refractivity contribution in [3.63, 3.8) is 0 Å². The molecule has 9 heteroatoms. The SMILES string of the molecule is COc1cc(Br)cc(Br)c1OCC(=O)N/N=C/c1ccc2c(c1)OCO2. The smallest absolute Gasteiger partial charge is 0.277 e. The molecule has 0 atom stereocenters.